The Bertz CT molecular complexity index is 1900. The van der Waals surface area contributed by atoms with Crippen molar-refractivity contribution in [1.29, 1.82) is 0 Å². The van der Waals surface area contributed by atoms with E-state index < -0.39 is 16.6 Å². The second-order valence-electron chi connectivity index (χ2n) is 13.7. The lowest BCUT2D eigenvalue weighted by atomic mass is 9.88. The lowest BCUT2D eigenvalue weighted by molar-refractivity contribution is -0.134. The van der Waals surface area contributed by atoms with Gasteiger partial charge in [-0.3, -0.25) is 29.2 Å². The van der Waals surface area contributed by atoms with Crippen molar-refractivity contribution in [2.75, 3.05) is 32.6 Å². The third kappa shape index (κ3) is 8.41. The summed E-state index contributed by atoms with van der Waals surface area (Å²) in [5, 5.41) is 2.84. The van der Waals surface area contributed by atoms with Gasteiger partial charge < -0.3 is 24.6 Å². The minimum atomic E-state index is -0.643. The Morgan fingerprint density at radius 1 is 0.698 bits per heavy atom. The van der Waals surface area contributed by atoms with Crippen LogP contribution in [0.1, 0.15) is 75.3 Å². The van der Waals surface area contributed by atoms with Crippen molar-refractivity contribution >= 4 is 63.3 Å². The zero-order valence-corrected chi connectivity index (χ0v) is 31.4. The van der Waals surface area contributed by atoms with Crippen LogP contribution in [0.2, 0.25) is 5.02 Å². The van der Waals surface area contributed by atoms with Crippen LogP contribution in [-0.2, 0) is 19.2 Å². The fourth-order valence-corrected chi connectivity index (χ4v) is 7.92. The van der Waals surface area contributed by atoms with E-state index in [2.05, 4.69) is 5.32 Å². The van der Waals surface area contributed by atoms with Crippen molar-refractivity contribution in [2.24, 2.45) is 9.98 Å². The van der Waals surface area contributed by atoms with Crippen LogP contribution in [0, 0.1) is 0 Å². The molecular weight excluding hydrogens is 717 g/mol. The molecule has 11 nitrogen and oxygen atoms in total. The molecule has 278 valence electrons. The summed E-state index contributed by atoms with van der Waals surface area (Å²) >= 11 is 11.6. The molecular formula is C40H43Cl2N5O6. The third-order valence-electron chi connectivity index (χ3n) is 10.3. The van der Waals surface area contributed by atoms with E-state index in [1.54, 1.807) is 60.4 Å². The van der Waals surface area contributed by atoms with Gasteiger partial charge in [-0.05, 0) is 130 Å². The molecule has 0 saturated heterocycles. The number of hydrogen-bond donors (Lipinski definition) is 1. The van der Waals surface area contributed by atoms with Gasteiger partial charge in [-0.2, -0.15) is 0 Å². The first-order valence-corrected chi connectivity index (χ1v) is 18.7. The van der Waals surface area contributed by atoms with E-state index in [1.165, 1.54) is 0 Å². The molecule has 13 heteroatoms. The number of methoxy groups -OCH3 is 2. The molecule has 2 fully saturated rings. The van der Waals surface area contributed by atoms with Gasteiger partial charge in [0.2, 0.25) is 11.1 Å². The van der Waals surface area contributed by atoms with Crippen LogP contribution in [0.4, 0.5) is 5.69 Å². The largest absolute Gasteiger partial charge is 0.497 e. The number of benzene rings is 3. The van der Waals surface area contributed by atoms with Crippen LogP contribution in [-0.4, -0.2) is 82.8 Å². The first kappa shape index (κ1) is 38.0. The highest BCUT2D eigenvalue weighted by Gasteiger charge is 2.49. The monoisotopic (exact) mass is 759 g/mol. The summed E-state index contributed by atoms with van der Waals surface area (Å²) in [6, 6.07) is 21.5. The van der Waals surface area contributed by atoms with E-state index >= 15 is 0 Å². The highest BCUT2D eigenvalue weighted by Crippen LogP contribution is 2.41. The molecule has 3 aromatic carbocycles. The highest BCUT2D eigenvalue weighted by molar-refractivity contribution is 6.64. The van der Waals surface area contributed by atoms with Crippen LogP contribution in [0.15, 0.2) is 82.8 Å². The van der Waals surface area contributed by atoms with Crippen molar-refractivity contribution in [2.45, 2.75) is 75.5 Å². The zero-order valence-electron chi connectivity index (χ0n) is 29.9. The minimum Gasteiger partial charge on any atom is -0.497 e. The van der Waals surface area contributed by atoms with Crippen LogP contribution < -0.4 is 14.8 Å². The summed E-state index contributed by atoms with van der Waals surface area (Å²) in [5.74, 6) is 0.756. The second kappa shape index (κ2) is 16.5. The summed E-state index contributed by atoms with van der Waals surface area (Å²) in [6.45, 7) is -0.141. The molecule has 0 atom stereocenters. The molecule has 2 heterocycles. The number of carbonyl (C=O) groups is 4. The number of anilines is 1. The molecule has 2 spiro atoms. The van der Waals surface area contributed by atoms with Crippen LogP contribution in [0.5, 0.6) is 11.5 Å². The van der Waals surface area contributed by atoms with E-state index in [9.17, 15) is 19.2 Å². The Hall–Kier alpha value is -4.74. The Balaban J connectivity index is 0.000000188. The lowest BCUT2D eigenvalue weighted by Gasteiger charge is -2.38. The van der Waals surface area contributed by atoms with E-state index in [0.29, 0.717) is 22.1 Å². The van der Waals surface area contributed by atoms with E-state index in [1.807, 2.05) is 36.4 Å². The second-order valence-corrected chi connectivity index (χ2v) is 14.5. The molecule has 0 aromatic heterocycles. The maximum atomic E-state index is 13.3. The molecule has 0 unspecified atom stereocenters. The number of hydrogen-bond acceptors (Lipinski definition) is 8. The molecule has 2 aliphatic carbocycles. The molecule has 3 aromatic rings. The van der Waals surface area contributed by atoms with Gasteiger partial charge >= 0.3 is 0 Å². The number of nitrogens with one attached hydrogen (secondary N) is 1. The van der Waals surface area contributed by atoms with Crippen molar-refractivity contribution in [3.63, 3.8) is 0 Å². The molecule has 53 heavy (non-hydrogen) atoms. The number of aliphatic imine (C=N–C) groups is 2. The predicted octanol–water partition coefficient (Wildman–Crippen LogP) is 7.03. The molecule has 3 amide bonds. The Kier molecular flexibility index (Phi) is 11.8. The maximum Gasteiger partial charge on any atom is 0.275 e. The zero-order chi connectivity index (χ0) is 37.6. The number of carbonyl (C=O) groups excluding carboxylic acids is 4. The molecule has 2 aliphatic heterocycles. The molecule has 7 rings (SSSR count). The van der Waals surface area contributed by atoms with E-state index in [4.69, 9.17) is 42.7 Å². The van der Waals surface area contributed by atoms with E-state index in [-0.39, 0.29) is 30.8 Å². The summed E-state index contributed by atoms with van der Waals surface area (Å²) in [7, 11) is 3.20. The number of halogens is 2. The van der Waals surface area contributed by atoms with Crippen molar-refractivity contribution in [1.82, 2.24) is 9.80 Å². The van der Waals surface area contributed by atoms with Gasteiger partial charge in [0.05, 0.1) is 20.8 Å². The highest BCUT2D eigenvalue weighted by atomic mass is 35.5. The molecule has 2 saturated carbocycles. The number of nitrogens with zero attached hydrogens (tertiary/aromatic N) is 4. The number of rotatable bonds is 9. The smallest absolute Gasteiger partial charge is 0.275 e. The lowest BCUT2D eigenvalue weighted by Crippen LogP contribution is -2.51. The standard InChI is InChI=1S/C23H24ClN3O3.C17H19ClN2O3/c1-30-19-10-8-16(9-11-19)21-22(29)27(23(26-21)12-3-2-4-13-23)15-20(28)25-18-7-5-6-17(24)14-18;1-23-13-7-5-12(6-8-13)15-16(22)20(11-14(18)21)17(19-15)9-3-2-4-10-17/h5-11,14H,2-4,12-13,15H2,1H3,(H,25,28);5-8H,2-4,9-11H2,1H3. The van der Waals surface area contributed by atoms with Crippen LogP contribution in [0.25, 0.3) is 0 Å². The summed E-state index contributed by atoms with van der Waals surface area (Å²) in [5.41, 5.74) is 1.66. The minimum absolute atomic E-state index is 0.0471. The topological polar surface area (TPSA) is 130 Å². The average molecular weight is 761 g/mol. The Morgan fingerprint density at radius 2 is 1.15 bits per heavy atom. The van der Waals surface area contributed by atoms with Gasteiger partial charge in [0.1, 0.15) is 40.8 Å². The maximum absolute atomic E-state index is 13.3. The fraction of sp³-hybridized carbons (Fsp3) is 0.400. The molecule has 0 bridgehead atoms. The molecule has 4 aliphatic rings. The van der Waals surface area contributed by atoms with Gasteiger partial charge in [-0.15, -0.1) is 0 Å². The van der Waals surface area contributed by atoms with Crippen molar-refractivity contribution < 1.29 is 28.7 Å². The molecule has 1 N–H and O–H groups in total. The van der Waals surface area contributed by atoms with Gasteiger partial charge in [0.15, 0.2) is 0 Å². The SMILES string of the molecule is COc1ccc(C2=NC3(CCCCC3)N(CC(=O)Cl)C2=O)cc1.COc1ccc(C2=NC3(CCCCC3)N(CC(=O)Nc3cccc(Cl)c3)C2=O)cc1. The van der Waals surface area contributed by atoms with Crippen molar-refractivity contribution in [3.8, 4) is 11.5 Å². The molecule has 0 radical (unpaired) electrons. The summed E-state index contributed by atoms with van der Waals surface area (Å²) < 4.78 is 10.4. The Morgan fingerprint density at radius 3 is 1.57 bits per heavy atom. The summed E-state index contributed by atoms with van der Waals surface area (Å²) in [4.78, 5) is 63.2. The third-order valence-corrected chi connectivity index (χ3v) is 10.6. The van der Waals surface area contributed by atoms with Gasteiger partial charge in [-0.25, -0.2) is 0 Å². The first-order valence-electron chi connectivity index (χ1n) is 17.9. The predicted molar refractivity (Wildman–Crippen MR) is 205 cm³/mol. The average Bonchev–Trinajstić information content (AvgIpc) is 3.57. The first-order chi connectivity index (χ1) is 25.6. The van der Waals surface area contributed by atoms with Crippen LogP contribution in [0.3, 0.4) is 0 Å². The number of amides is 3. The normalized spacial score (nSPS) is 18.6. The Labute approximate surface area is 319 Å². The van der Waals surface area contributed by atoms with Crippen molar-refractivity contribution in [3.05, 3.63) is 88.9 Å². The quantitative estimate of drug-likeness (QED) is 0.233. The van der Waals surface area contributed by atoms with E-state index in [0.717, 1.165) is 86.8 Å². The summed E-state index contributed by atoms with van der Waals surface area (Å²) in [6.07, 6.45) is 9.31. The fourth-order valence-electron chi connectivity index (χ4n) is 7.61. The number of ether oxygens (including phenoxy) is 2. The van der Waals surface area contributed by atoms with Gasteiger partial charge in [0.25, 0.3) is 11.8 Å². The van der Waals surface area contributed by atoms with Gasteiger partial charge in [0, 0.05) is 21.8 Å². The van der Waals surface area contributed by atoms with Gasteiger partial charge in [-0.1, -0.05) is 30.5 Å². The van der Waals surface area contributed by atoms with Crippen LogP contribution >= 0.6 is 23.2 Å².